The van der Waals surface area contributed by atoms with Gasteiger partial charge in [0.15, 0.2) is 5.58 Å². The minimum Gasteiger partial charge on any atom is -0.436 e. The molecule has 0 radical (unpaired) electrons. The van der Waals surface area contributed by atoms with Crippen molar-refractivity contribution in [1.29, 1.82) is 0 Å². The number of nitrogens with zero attached hydrogens (tertiary/aromatic N) is 3. The predicted octanol–water partition coefficient (Wildman–Crippen LogP) is 6.94. The SMILES string of the molecule is Cc1c(Cl)cccc1N(C)C(=O)c1cc(-c2nc3cc(C(C)(C)C)ccc3o2)cc([N+](=O)[O-])c1. The normalized spacial score (nSPS) is 11.6. The van der Waals surface area contributed by atoms with Gasteiger partial charge in [-0.1, -0.05) is 44.5 Å². The number of nitro groups is 1. The molecule has 0 atom stereocenters. The van der Waals surface area contributed by atoms with E-state index in [9.17, 15) is 14.9 Å². The molecular formula is C26H24ClN3O4. The van der Waals surface area contributed by atoms with E-state index in [-0.39, 0.29) is 22.6 Å². The van der Waals surface area contributed by atoms with E-state index in [2.05, 4.69) is 25.8 Å². The van der Waals surface area contributed by atoms with Crippen LogP contribution in [-0.4, -0.2) is 22.9 Å². The molecule has 0 fully saturated rings. The fourth-order valence-corrected chi connectivity index (χ4v) is 3.91. The van der Waals surface area contributed by atoms with Crippen LogP contribution in [0.2, 0.25) is 5.02 Å². The summed E-state index contributed by atoms with van der Waals surface area (Å²) in [6.45, 7) is 8.12. The van der Waals surface area contributed by atoms with Gasteiger partial charge in [-0.05, 0) is 53.8 Å². The summed E-state index contributed by atoms with van der Waals surface area (Å²) in [5.74, 6) is -0.207. The molecule has 1 amide bonds. The summed E-state index contributed by atoms with van der Waals surface area (Å²) >= 11 is 6.21. The molecule has 7 nitrogen and oxygen atoms in total. The number of rotatable bonds is 4. The molecule has 0 bridgehead atoms. The van der Waals surface area contributed by atoms with Gasteiger partial charge in [0.2, 0.25) is 5.89 Å². The first-order valence-electron chi connectivity index (χ1n) is 10.7. The second kappa shape index (κ2) is 8.57. The van der Waals surface area contributed by atoms with Crippen LogP contribution in [0.5, 0.6) is 0 Å². The molecular weight excluding hydrogens is 454 g/mol. The smallest absolute Gasteiger partial charge is 0.271 e. The number of non-ortho nitro benzene ring substituents is 1. The first-order valence-corrected chi connectivity index (χ1v) is 11.1. The summed E-state index contributed by atoms with van der Waals surface area (Å²) in [4.78, 5) is 30.4. The van der Waals surface area contributed by atoms with Crippen molar-refractivity contribution in [1.82, 2.24) is 4.98 Å². The summed E-state index contributed by atoms with van der Waals surface area (Å²) in [5, 5.41) is 12.2. The van der Waals surface area contributed by atoms with Gasteiger partial charge in [-0.25, -0.2) is 4.98 Å². The minimum absolute atomic E-state index is 0.0680. The lowest BCUT2D eigenvalue weighted by Crippen LogP contribution is -2.27. The third-order valence-corrected chi connectivity index (χ3v) is 6.19. The van der Waals surface area contributed by atoms with E-state index in [1.807, 2.05) is 25.1 Å². The fraction of sp³-hybridized carbons (Fsp3) is 0.231. The highest BCUT2D eigenvalue weighted by Gasteiger charge is 2.23. The Labute approximate surface area is 202 Å². The molecule has 0 aliphatic rings. The molecule has 0 saturated heterocycles. The number of fused-ring (bicyclic) bond motifs is 1. The van der Waals surface area contributed by atoms with Crippen molar-refractivity contribution in [2.45, 2.75) is 33.1 Å². The lowest BCUT2D eigenvalue weighted by atomic mass is 9.87. The van der Waals surface area contributed by atoms with E-state index in [0.717, 1.165) is 11.1 Å². The van der Waals surface area contributed by atoms with Crippen molar-refractivity contribution in [3.8, 4) is 11.5 Å². The van der Waals surface area contributed by atoms with Gasteiger partial charge in [-0.3, -0.25) is 14.9 Å². The summed E-state index contributed by atoms with van der Waals surface area (Å²) in [7, 11) is 1.60. The number of halogens is 1. The number of anilines is 1. The Balaban J connectivity index is 1.79. The number of oxazole rings is 1. The van der Waals surface area contributed by atoms with E-state index in [1.165, 1.54) is 17.0 Å². The lowest BCUT2D eigenvalue weighted by molar-refractivity contribution is -0.384. The number of carbonyl (C=O) groups is 1. The zero-order valence-electron chi connectivity index (χ0n) is 19.5. The molecule has 1 heterocycles. The Morgan fingerprint density at radius 3 is 2.53 bits per heavy atom. The second-order valence-corrected chi connectivity index (χ2v) is 9.63. The Morgan fingerprint density at radius 1 is 1.12 bits per heavy atom. The maximum atomic E-state index is 13.3. The monoisotopic (exact) mass is 477 g/mol. The van der Waals surface area contributed by atoms with Crippen LogP contribution < -0.4 is 4.90 Å². The topological polar surface area (TPSA) is 89.5 Å². The van der Waals surface area contributed by atoms with Crippen LogP contribution in [0.1, 0.15) is 42.3 Å². The second-order valence-electron chi connectivity index (χ2n) is 9.23. The van der Waals surface area contributed by atoms with Crippen molar-refractivity contribution in [2.24, 2.45) is 0 Å². The van der Waals surface area contributed by atoms with Gasteiger partial charge in [0.25, 0.3) is 11.6 Å². The highest BCUT2D eigenvalue weighted by Crippen LogP contribution is 2.32. The predicted molar refractivity (Wildman–Crippen MR) is 134 cm³/mol. The molecule has 0 unspecified atom stereocenters. The zero-order chi connectivity index (χ0) is 24.8. The van der Waals surface area contributed by atoms with E-state index < -0.39 is 10.8 Å². The number of benzene rings is 3. The first kappa shape index (κ1) is 23.4. The van der Waals surface area contributed by atoms with E-state index in [0.29, 0.717) is 27.4 Å². The quantitative estimate of drug-likeness (QED) is 0.234. The fourth-order valence-electron chi connectivity index (χ4n) is 3.74. The Hall–Kier alpha value is -3.71. The molecule has 3 aromatic carbocycles. The number of hydrogen-bond donors (Lipinski definition) is 0. The highest BCUT2D eigenvalue weighted by molar-refractivity contribution is 6.31. The van der Waals surface area contributed by atoms with Gasteiger partial charge >= 0.3 is 0 Å². The van der Waals surface area contributed by atoms with Crippen LogP contribution in [0.3, 0.4) is 0 Å². The van der Waals surface area contributed by atoms with Crippen molar-refractivity contribution < 1.29 is 14.1 Å². The molecule has 174 valence electrons. The molecule has 0 spiro atoms. The van der Waals surface area contributed by atoms with Crippen LogP contribution in [0.15, 0.2) is 59.0 Å². The van der Waals surface area contributed by atoms with Crippen molar-refractivity contribution in [2.75, 3.05) is 11.9 Å². The number of amides is 1. The molecule has 1 aromatic heterocycles. The molecule has 0 saturated carbocycles. The van der Waals surface area contributed by atoms with E-state index >= 15 is 0 Å². The van der Waals surface area contributed by atoms with Gasteiger partial charge < -0.3 is 9.32 Å². The van der Waals surface area contributed by atoms with E-state index in [4.69, 9.17) is 16.0 Å². The third kappa shape index (κ3) is 4.39. The average Bonchev–Trinajstić information content (AvgIpc) is 3.22. The van der Waals surface area contributed by atoms with Crippen LogP contribution in [0.4, 0.5) is 11.4 Å². The molecule has 4 rings (SSSR count). The first-order chi connectivity index (χ1) is 16.0. The molecule has 0 aliphatic carbocycles. The number of hydrogen-bond acceptors (Lipinski definition) is 5. The molecule has 34 heavy (non-hydrogen) atoms. The largest absolute Gasteiger partial charge is 0.436 e. The van der Waals surface area contributed by atoms with Gasteiger partial charge in [0.05, 0.1) is 4.92 Å². The van der Waals surface area contributed by atoms with Crippen LogP contribution in [-0.2, 0) is 5.41 Å². The van der Waals surface area contributed by atoms with Crippen LogP contribution in [0, 0.1) is 17.0 Å². The van der Waals surface area contributed by atoms with Crippen molar-refractivity contribution in [3.05, 3.63) is 86.4 Å². The Bertz CT molecular complexity index is 1440. The lowest BCUT2D eigenvalue weighted by Gasteiger charge is -2.20. The summed E-state index contributed by atoms with van der Waals surface area (Å²) in [5.41, 5.74) is 3.85. The van der Waals surface area contributed by atoms with Gasteiger partial charge in [-0.2, -0.15) is 0 Å². The standard InChI is InChI=1S/C26H24ClN3O4/c1-15-20(27)7-6-8-22(15)29(5)25(31)17-11-16(12-19(13-17)30(32)33)24-28-21-14-18(26(2,3)4)9-10-23(21)34-24/h6-14H,1-5H3. The molecule has 0 aliphatic heterocycles. The van der Waals surface area contributed by atoms with E-state index in [1.54, 1.807) is 31.3 Å². The number of nitro benzene ring substituents is 1. The van der Waals surface area contributed by atoms with Crippen molar-refractivity contribution >= 4 is 40.0 Å². The Morgan fingerprint density at radius 2 is 1.85 bits per heavy atom. The molecule has 0 N–H and O–H groups in total. The summed E-state index contributed by atoms with van der Waals surface area (Å²) < 4.78 is 5.90. The van der Waals surface area contributed by atoms with Crippen LogP contribution in [0.25, 0.3) is 22.6 Å². The highest BCUT2D eigenvalue weighted by atomic mass is 35.5. The molecule has 4 aromatic rings. The van der Waals surface area contributed by atoms with Gasteiger partial charge in [-0.15, -0.1) is 0 Å². The third-order valence-electron chi connectivity index (χ3n) is 5.78. The average molecular weight is 478 g/mol. The minimum atomic E-state index is -0.536. The molecule has 8 heteroatoms. The summed E-state index contributed by atoms with van der Waals surface area (Å²) in [6, 6.07) is 15.2. The van der Waals surface area contributed by atoms with Gasteiger partial charge in [0, 0.05) is 41.0 Å². The van der Waals surface area contributed by atoms with Crippen molar-refractivity contribution in [3.63, 3.8) is 0 Å². The van der Waals surface area contributed by atoms with Gasteiger partial charge in [0.1, 0.15) is 5.52 Å². The maximum Gasteiger partial charge on any atom is 0.271 e. The maximum absolute atomic E-state index is 13.3. The summed E-state index contributed by atoms with van der Waals surface area (Å²) in [6.07, 6.45) is 0. The Kier molecular flexibility index (Phi) is 5.91. The number of aromatic nitrogens is 1. The van der Waals surface area contributed by atoms with Crippen LogP contribution >= 0.6 is 11.6 Å². The zero-order valence-corrected chi connectivity index (χ0v) is 20.3. The number of carbonyl (C=O) groups excluding carboxylic acids is 1.